The van der Waals surface area contributed by atoms with Gasteiger partial charge in [-0.15, -0.1) is 0 Å². The number of aliphatic hydroxyl groups is 2. The highest BCUT2D eigenvalue weighted by atomic mass is 16.5. The molecule has 0 heterocycles. The molecule has 4 nitrogen and oxygen atoms in total. The zero-order chi connectivity index (χ0) is 16.8. The third-order valence-corrected chi connectivity index (χ3v) is 3.54. The molecule has 0 saturated carbocycles. The van der Waals surface area contributed by atoms with Crippen LogP contribution < -0.4 is 0 Å². The Kier molecular flexibility index (Phi) is 18.9. The number of hydrogen-bond donors (Lipinski definition) is 2. The van der Waals surface area contributed by atoms with Gasteiger partial charge in [-0.3, -0.25) is 0 Å². The van der Waals surface area contributed by atoms with E-state index in [9.17, 15) is 0 Å². The molecule has 0 bridgehead atoms. The maximum absolute atomic E-state index is 8.43. The Hall–Kier alpha value is -0.160. The van der Waals surface area contributed by atoms with E-state index in [4.69, 9.17) is 10.2 Å². The summed E-state index contributed by atoms with van der Waals surface area (Å²) in [5.74, 6) is 0.812. The van der Waals surface area contributed by atoms with Crippen LogP contribution in [0.15, 0.2) is 0 Å². The van der Waals surface area contributed by atoms with Gasteiger partial charge in [-0.2, -0.15) is 0 Å². The molecule has 0 aromatic carbocycles. The van der Waals surface area contributed by atoms with E-state index >= 15 is 0 Å². The fourth-order valence-electron chi connectivity index (χ4n) is 0.724. The molecule has 0 radical (unpaired) electrons. The minimum Gasteiger partial charge on any atom is -0.394 e. The summed E-state index contributed by atoms with van der Waals surface area (Å²) in [7, 11) is 3.13. The quantitative estimate of drug-likeness (QED) is 0.790. The summed E-state index contributed by atoms with van der Waals surface area (Å²) in [6.07, 6.45) is 0.949. The standard InChI is InChI=1S/C8H18.2C4H10O2/c1-6-8(4,5)7(2)3;1-4(5)3-6-2;1-4(3-5)6-2/h7H,6H2,1-5H3;2*4-5H,3H2,1-2H3. The van der Waals surface area contributed by atoms with E-state index in [1.807, 2.05) is 0 Å². The highest BCUT2D eigenvalue weighted by Gasteiger charge is 2.18. The molecule has 4 heteroatoms. The topological polar surface area (TPSA) is 58.9 Å². The summed E-state index contributed by atoms with van der Waals surface area (Å²) >= 11 is 0. The zero-order valence-electron chi connectivity index (χ0n) is 15.1. The molecule has 0 aliphatic rings. The Balaban J connectivity index is -0.000000221. The van der Waals surface area contributed by atoms with E-state index in [0.717, 1.165) is 5.92 Å². The minimum absolute atomic E-state index is 0.00926. The van der Waals surface area contributed by atoms with Crippen LogP contribution in [0, 0.1) is 11.3 Å². The second kappa shape index (κ2) is 15.2. The maximum Gasteiger partial charge on any atom is 0.0773 e. The summed E-state index contributed by atoms with van der Waals surface area (Å²) in [5, 5.41) is 16.6. The zero-order valence-corrected chi connectivity index (χ0v) is 15.1. The van der Waals surface area contributed by atoms with Crippen LogP contribution in [0.1, 0.15) is 54.9 Å². The molecule has 0 fully saturated rings. The van der Waals surface area contributed by atoms with Gasteiger partial charge < -0.3 is 19.7 Å². The molecule has 0 spiro atoms. The van der Waals surface area contributed by atoms with Crippen LogP contribution in [0.3, 0.4) is 0 Å². The van der Waals surface area contributed by atoms with Crippen molar-refractivity contribution < 1.29 is 19.7 Å². The first kappa shape index (κ1) is 24.8. The molecule has 0 aromatic heterocycles. The van der Waals surface area contributed by atoms with Gasteiger partial charge in [0.2, 0.25) is 0 Å². The van der Waals surface area contributed by atoms with Gasteiger partial charge in [-0.1, -0.05) is 41.0 Å². The number of methoxy groups -OCH3 is 2. The highest BCUT2D eigenvalue weighted by Crippen LogP contribution is 2.28. The first-order chi connectivity index (χ1) is 9.08. The van der Waals surface area contributed by atoms with Crippen molar-refractivity contribution >= 4 is 0 Å². The summed E-state index contributed by atoms with van der Waals surface area (Å²) in [5.41, 5.74) is 0.542. The molecule has 20 heavy (non-hydrogen) atoms. The third kappa shape index (κ3) is 20.2. The SMILES string of the molecule is CCC(C)(C)C(C)C.COC(C)CO.COCC(C)O. The van der Waals surface area contributed by atoms with Crippen molar-refractivity contribution in [2.24, 2.45) is 11.3 Å². The van der Waals surface area contributed by atoms with Crippen LogP contribution in [0.25, 0.3) is 0 Å². The lowest BCUT2D eigenvalue weighted by atomic mass is 9.79. The highest BCUT2D eigenvalue weighted by molar-refractivity contribution is 4.69. The van der Waals surface area contributed by atoms with Crippen molar-refractivity contribution in [2.75, 3.05) is 27.4 Å². The van der Waals surface area contributed by atoms with Gasteiger partial charge >= 0.3 is 0 Å². The molecule has 2 N–H and O–H groups in total. The summed E-state index contributed by atoms with van der Waals surface area (Å²) in [6, 6.07) is 0. The number of aliphatic hydroxyl groups excluding tert-OH is 2. The first-order valence-corrected chi connectivity index (χ1v) is 7.39. The molecular weight excluding hydrogens is 256 g/mol. The predicted octanol–water partition coefficient (Wildman–Crippen LogP) is 3.11. The molecule has 2 atom stereocenters. The Bertz CT molecular complexity index is 175. The largest absolute Gasteiger partial charge is 0.394 e. The van der Waals surface area contributed by atoms with Crippen LogP contribution in [-0.4, -0.2) is 49.9 Å². The van der Waals surface area contributed by atoms with E-state index < -0.39 is 0 Å². The van der Waals surface area contributed by atoms with Crippen molar-refractivity contribution in [3.05, 3.63) is 0 Å². The van der Waals surface area contributed by atoms with Gasteiger partial charge in [-0.25, -0.2) is 0 Å². The van der Waals surface area contributed by atoms with Gasteiger partial charge in [0, 0.05) is 14.2 Å². The third-order valence-electron chi connectivity index (χ3n) is 3.54. The number of ether oxygens (including phenoxy) is 2. The van der Waals surface area contributed by atoms with Crippen molar-refractivity contribution in [1.82, 2.24) is 0 Å². The van der Waals surface area contributed by atoms with Crippen LogP contribution in [0.4, 0.5) is 0 Å². The van der Waals surface area contributed by atoms with E-state index in [1.165, 1.54) is 6.42 Å². The van der Waals surface area contributed by atoms with Crippen molar-refractivity contribution in [3.63, 3.8) is 0 Å². The second-order valence-electron chi connectivity index (χ2n) is 6.03. The normalized spacial score (nSPS) is 13.8. The second-order valence-corrected chi connectivity index (χ2v) is 6.03. The number of hydrogen-bond acceptors (Lipinski definition) is 4. The molecule has 2 unspecified atom stereocenters. The van der Waals surface area contributed by atoms with Crippen molar-refractivity contribution in [2.45, 2.75) is 67.1 Å². The Morgan fingerprint density at radius 3 is 1.50 bits per heavy atom. The van der Waals surface area contributed by atoms with Crippen LogP contribution >= 0.6 is 0 Å². The monoisotopic (exact) mass is 294 g/mol. The Morgan fingerprint density at radius 2 is 1.50 bits per heavy atom. The van der Waals surface area contributed by atoms with Crippen LogP contribution in [-0.2, 0) is 9.47 Å². The van der Waals surface area contributed by atoms with E-state index in [2.05, 4.69) is 44.1 Å². The number of rotatable bonds is 6. The summed E-state index contributed by atoms with van der Waals surface area (Å²) < 4.78 is 9.20. The fraction of sp³-hybridized carbons (Fsp3) is 1.00. The van der Waals surface area contributed by atoms with E-state index in [0.29, 0.717) is 12.0 Å². The Morgan fingerprint density at radius 1 is 1.05 bits per heavy atom. The van der Waals surface area contributed by atoms with Gasteiger partial charge in [0.1, 0.15) is 0 Å². The lowest BCUT2D eigenvalue weighted by molar-refractivity contribution is 0.0623. The average Bonchev–Trinajstić information content (AvgIpc) is 2.38. The molecular formula is C16H38O4. The van der Waals surface area contributed by atoms with Gasteiger partial charge in [0.15, 0.2) is 0 Å². The predicted molar refractivity (Wildman–Crippen MR) is 86.0 cm³/mol. The van der Waals surface area contributed by atoms with Crippen LogP contribution in [0.5, 0.6) is 0 Å². The summed E-state index contributed by atoms with van der Waals surface area (Å²) in [6.45, 7) is 15.5. The smallest absolute Gasteiger partial charge is 0.0773 e. The molecule has 0 saturated heterocycles. The van der Waals surface area contributed by atoms with E-state index in [1.54, 1.807) is 28.1 Å². The van der Waals surface area contributed by atoms with Gasteiger partial charge in [-0.05, 0) is 25.2 Å². The van der Waals surface area contributed by atoms with Gasteiger partial charge in [0.05, 0.1) is 25.4 Å². The molecule has 0 aromatic rings. The lowest BCUT2D eigenvalue weighted by Crippen LogP contribution is -2.17. The molecule has 0 aliphatic carbocycles. The minimum atomic E-state index is -0.324. The summed E-state index contributed by atoms with van der Waals surface area (Å²) in [4.78, 5) is 0. The fourth-order valence-corrected chi connectivity index (χ4v) is 0.724. The molecule has 0 rings (SSSR count). The Labute approximate surface area is 126 Å². The van der Waals surface area contributed by atoms with Gasteiger partial charge in [0.25, 0.3) is 0 Å². The lowest BCUT2D eigenvalue weighted by Gasteiger charge is -2.27. The van der Waals surface area contributed by atoms with Crippen molar-refractivity contribution in [3.8, 4) is 0 Å². The maximum atomic E-state index is 8.43. The first-order valence-electron chi connectivity index (χ1n) is 7.39. The molecule has 0 aliphatic heterocycles. The molecule has 126 valence electrons. The van der Waals surface area contributed by atoms with E-state index in [-0.39, 0.29) is 18.8 Å². The molecule has 0 amide bonds. The van der Waals surface area contributed by atoms with Crippen LogP contribution in [0.2, 0.25) is 0 Å². The average molecular weight is 294 g/mol. The van der Waals surface area contributed by atoms with Crippen molar-refractivity contribution in [1.29, 1.82) is 0 Å².